The summed E-state index contributed by atoms with van der Waals surface area (Å²) in [6, 6.07) is 1.85. The summed E-state index contributed by atoms with van der Waals surface area (Å²) in [5, 5.41) is 3.30. The van der Waals surface area contributed by atoms with Gasteiger partial charge in [-0.15, -0.1) is 0 Å². The van der Waals surface area contributed by atoms with E-state index in [0.29, 0.717) is 30.2 Å². The van der Waals surface area contributed by atoms with Gasteiger partial charge in [0.2, 0.25) is 10.0 Å². The van der Waals surface area contributed by atoms with Crippen LogP contribution in [0, 0.1) is 0 Å². The molecule has 2 N–H and O–H groups in total. The molecule has 1 atom stereocenters. The largest absolute Gasteiger partial charge is 0.366 e. The number of nitrogens with one attached hydrogen (secondary N) is 2. The number of aliphatic imine (C=N–C) groups is 1. The molecule has 1 fully saturated rings. The zero-order chi connectivity index (χ0) is 18.0. The van der Waals surface area contributed by atoms with Crippen molar-refractivity contribution >= 4 is 32.6 Å². The van der Waals surface area contributed by atoms with E-state index >= 15 is 0 Å². The molecule has 134 valence electrons. The van der Waals surface area contributed by atoms with E-state index in [1.54, 1.807) is 26.4 Å². The Hall–Kier alpha value is -2.26. The van der Waals surface area contributed by atoms with E-state index in [9.17, 15) is 8.42 Å². The lowest BCUT2D eigenvalue weighted by atomic mass is 10.1. The fourth-order valence-electron chi connectivity index (χ4n) is 2.86. The molecule has 3 rings (SSSR count). The summed E-state index contributed by atoms with van der Waals surface area (Å²) in [5.74, 6) is 0.720. The molecule has 1 saturated heterocycles. The highest BCUT2D eigenvalue weighted by atomic mass is 32.2. The average molecular weight is 362 g/mol. The lowest BCUT2D eigenvalue weighted by Gasteiger charge is -2.18. The first-order valence-electron chi connectivity index (χ1n) is 8.15. The van der Waals surface area contributed by atoms with Crippen LogP contribution in [0.2, 0.25) is 0 Å². The number of hydrogen-bond donors (Lipinski definition) is 2. The molecule has 1 aliphatic heterocycles. The van der Waals surface area contributed by atoms with Gasteiger partial charge in [0, 0.05) is 37.9 Å². The number of nitrogens with zero attached hydrogens (tertiary/aromatic N) is 4. The van der Waals surface area contributed by atoms with Crippen LogP contribution in [-0.4, -0.2) is 65.4 Å². The average Bonchev–Trinajstić information content (AvgIpc) is 3.27. The minimum Gasteiger partial charge on any atom is -0.366 e. The third-order valence-corrected chi connectivity index (χ3v) is 6.18. The molecular formula is C16H22N6O2S. The van der Waals surface area contributed by atoms with Gasteiger partial charge in [-0.1, -0.05) is 6.58 Å². The van der Waals surface area contributed by atoms with Crippen LogP contribution in [-0.2, 0) is 10.0 Å². The van der Waals surface area contributed by atoms with Crippen LogP contribution < -0.4 is 5.32 Å². The van der Waals surface area contributed by atoms with E-state index in [0.717, 1.165) is 17.6 Å². The highest BCUT2D eigenvalue weighted by Crippen LogP contribution is 2.17. The number of rotatable bonds is 5. The molecule has 25 heavy (non-hydrogen) atoms. The molecule has 9 heteroatoms. The van der Waals surface area contributed by atoms with Gasteiger partial charge < -0.3 is 10.3 Å². The number of hydrogen-bond acceptors (Lipinski definition) is 5. The van der Waals surface area contributed by atoms with E-state index in [4.69, 9.17) is 0 Å². The van der Waals surface area contributed by atoms with Crippen molar-refractivity contribution in [2.45, 2.75) is 19.4 Å². The summed E-state index contributed by atoms with van der Waals surface area (Å²) in [5.41, 5.74) is 2.75. The Morgan fingerprint density at radius 2 is 2.36 bits per heavy atom. The maximum absolute atomic E-state index is 12.0. The highest BCUT2D eigenvalue weighted by Gasteiger charge is 2.31. The van der Waals surface area contributed by atoms with Crippen molar-refractivity contribution in [3.63, 3.8) is 0 Å². The number of amidine groups is 1. The van der Waals surface area contributed by atoms with Gasteiger partial charge in [-0.05, 0) is 19.4 Å². The Bertz CT molecular complexity index is 918. The van der Waals surface area contributed by atoms with Gasteiger partial charge in [0.25, 0.3) is 0 Å². The SMILES string of the molecule is C=C(C(=NC)NC1CCN(S(=O)(=O)CC)C1)c1cnc2[nH]ccc2n1. The minimum atomic E-state index is -3.16. The second-order valence-electron chi connectivity index (χ2n) is 5.91. The molecular weight excluding hydrogens is 340 g/mol. The van der Waals surface area contributed by atoms with Crippen LogP contribution in [0.5, 0.6) is 0 Å². The molecule has 1 unspecified atom stereocenters. The maximum atomic E-state index is 12.0. The predicted octanol–water partition coefficient (Wildman–Crippen LogP) is 1.01. The third kappa shape index (κ3) is 3.57. The Morgan fingerprint density at radius 1 is 1.56 bits per heavy atom. The first-order valence-corrected chi connectivity index (χ1v) is 9.76. The van der Waals surface area contributed by atoms with Gasteiger partial charge in [0.1, 0.15) is 11.4 Å². The lowest BCUT2D eigenvalue weighted by Crippen LogP contribution is -2.39. The van der Waals surface area contributed by atoms with Gasteiger partial charge >= 0.3 is 0 Å². The van der Waals surface area contributed by atoms with Crippen LogP contribution in [0.4, 0.5) is 0 Å². The molecule has 0 amide bonds. The fraction of sp³-hybridized carbons (Fsp3) is 0.438. The smallest absolute Gasteiger partial charge is 0.213 e. The molecule has 0 saturated carbocycles. The first-order chi connectivity index (χ1) is 11.9. The van der Waals surface area contributed by atoms with Crippen LogP contribution in [0.15, 0.2) is 30.0 Å². The standard InChI is InChI=1S/C16H22N6O2S/c1-4-25(23,24)22-8-6-12(10-22)20-15(17-3)11(2)14-9-19-16-13(21-14)5-7-18-16/h5,7,9,12H,2,4,6,8,10H2,1,3H3,(H,17,20)(H,18,19). The first kappa shape index (κ1) is 17.6. The zero-order valence-corrected chi connectivity index (χ0v) is 15.2. The summed E-state index contributed by atoms with van der Waals surface area (Å²) in [7, 11) is -1.49. The van der Waals surface area contributed by atoms with Crippen molar-refractivity contribution in [2.24, 2.45) is 4.99 Å². The molecule has 2 aromatic heterocycles. The van der Waals surface area contributed by atoms with Crippen molar-refractivity contribution in [1.82, 2.24) is 24.6 Å². The van der Waals surface area contributed by atoms with Crippen LogP contribution in [0.1, 0.15) is 19.0 Å². The van der Waals surface area contributed by atoms with Crippen LogP contribution in [0.3, 0.4) is 0 Å². The molecule has 2 aromatic rings. The molecule has 0 aliphatic carbocycles. The Labute approximate surface area is 147 Å². The van der Waals surface area contributed by atoms with E-state index < -0.39 is 10.0 Å². The van der Waals surface area contributed by atoms with Gasteiger partial charge in [-0.2, -0.15) is 4.31 Å². The topological polar surface area (TPSA) is 103 Å². The van der Waals surface area contributed by atoms with Gasteiger partial charge in [-0.25, -0.2) is 18.4 Å². The molecule has 0 radical (unpaired) electrons. The van der Waals surface area contributed by atoms with Gasteiger partial charge in [-0.3, -0.25) is 4.99 Å². The number of H-pyrrole nitrogens is 1. The third-order valence-electron chi connectivity index (χ3n) is 4.33. The van der Waals surface area contributed by atoms with Crippen molar-refractivity contribution < 1.29 is 8.42 Å². The van der Waals surface area contributed by atoms with E-state index in [1.165, 1.54) is 4.31 Å². The summed E-state index contributed by atoms with van der Waals surface area (Å²) in [4.78, 5) is 16.1. The second kappa shape index (κ2) is 6.93. The maximum Gasteiger partial charge on any atom is 0.213 e. The minimum absolute atomic E-state index is 0.000670. The number of aromatic amines is 1. The summed E-state index contributed by atoms with van der Waals surface area (Å²) >= 11 is 0. The number of aromatic nitrogens is 3. The van der Waals surface area contributed by atoms with Crippen molar-refractivity contribution in [3.8, 4) is 0 Å². The van der Waals surface area contributed by atoms with Crippen molar-refractivity contribution in [3.05, 3.63) is 30.7 Å². The van der Waals surface area contributed by atoms with Gasteiger partial charge in [0.15, 0.2) is 5.65 Å². The fourth-order valence-corrected chi connectivity index (χ4v) is 4.01. The Balaban J connectivity index is 1.71. The van der Waals surface area contributed by atoms with Crippen molar-refractivity contribution in [1.29, 1.82) is 0 Å². The summed E-state index contributed by atoms with van der Waals surface area (Å²) < 4.78 is 25.5. The molecule has 0 aromatic carbocycles. The highest BCUT2D eigenvalue weighted by molar-refractivity contribution is 7.89. The molecule has 8 nitrogen and oxygen atoms in total. The normalized spacial score (nSPS) is 19.4. The molecule has 3 heterocycles. The Kier molecular flexibility index (Phi) is 4.87. The molecule has 0 bridgehead atoms. The lowest BCUT2D eigenvalue weighted by molar-refractivity contribution is 0.470. The summed E-state index contributed by atoms with van der Waals surface area (Å²) in [6.07, 6.45) is 4.16. The van der Waals surface area contributed by atoms with E-state index in [1.807, 2.05) is 6.07 Å². The van der Waals surface area contributed by atoms with Gasteiger partial charge in [0.05, 0.1) is 17.6 Å². The number of fused-ring (bicyclic) bond motifs is 1. The molecule has 1 aliphatic rings. The monoisotopic (exact) mass is 362 g/mol. The van der Waals surface area contributed by atoms with E-state index in [-0.39, 0.29) is 11.8 Å². The van der Waals surface area contributed by atoms with Crippen LogP contribution >= 0.6 is 0 Å². The van der Waals surface area contributed by atoms with Crippen LogP contribution in [0.25, 0.3) is 16.7 Å². The van der Waals surface area contributed by atoms with E-state index in [2.05, 4.69) is 31.8 Å². The summed E-state index contributed by atoms with van der Waals surface area (Å²) in [6.45, 7) is 6.69. The molecule has 0 spiro atoms. The number of sulfonamides is 1. The van der Waals surface area contributed by atoms with Crippen molar-refractivity contribution in [2.75, 3.05) is 25.9 Å². The quantitative estimate of drug-likeness (QED) is 0.610. The zero-order valence-electron chi connectivity index (χ0n) is 14.4. The second-order valence-corrected chi connectivity index (χ2v) is 8.16. The predicted molar refractivity (Wildman–Crippen MR) is 98.9 cm³/mol. The Morgan fingerprint density at radius 3 is 3.08 bits per heavy atom.